The molecule has 1 aromatic rings. The van der Waals surface area contributed by atoms with Crippen LogP contribution in [0.3, 0.4) is 0 Å². The molecule has 1 heterocycles. The average Bonchev–Trinajstić information content (AvgIpc) is 2.49. The lowest BCUT2D eigenvalue weighted by molar-refractivity contribution is 0.140. The minimum absolute atomic E-state index is 0.0576. The normalized spacial score (nSPS) is 19.1. The van der Waals surface area contributed by atoms with Crippen molar-refractivity contribution >= 4 is 0 Å². The van der Waals surface area contributed by atoms with Gasteiger partial charge in [-0.25, -0.2) is 0 Å². The van der Waals surface area contributed by atoms with Gasteiger partial charge in [-0.2, -0.15) is 0 Å². The summed E-state index contributed by atoms with van der Waals surface area (Å²) in [5.41, 5.74) is 6.93. The summed E-state index contributed by atoms with van der Waals surface area (Å²) in [5, 5.41) is 0. The minimum Gasteiger partial charge on any atom is -0.489 e. The first-order chi connectivity index (χ1) is 8.52. The molecule has 1 atom stereocenters. The highest BCUT2D eigenvalue weighted by molar-refractivity contribution is 5.44. The van der Waals surface area contributed by atoms with Gasteiger partial charge in [0, 0.05) is 5.41 Å². The van der Waals surface area contributed by atoms with Crippen molar-refractivity contribution in [3.05, 3.63) is 23.8 Å². The molecule has 2 N–H and O–H groups in total. The topological polar surface area (TPSA) is 44.5 Å². The molecule has 0 radical (unpaired) electrons. The molecular formula is C15H23NO2. The van der Waals surface area contributed by atoms with E-state index in [4.69, 9.17) is 15.2 Å². The van der Waals surface area contributed by atoms with Gasteiger partial charge < -0.3 is 15.2 Å². The Labute approximate surface area is 109 Å². The summed E-state index contributed by atoms with van der Waals surface area (Å²) in [6.45, 7) is 8.58. The Morgan fingerprint density at radius 3 is 2.56 bits per heavy atom. The maximum Gasteiger partial charge on any atom is 0.161 e. The molecule has 0 aliphatic carbocycles. The summed E-state index contributed by atoms with van der Waals surface area (Å²) in [6.07, 6.45) is 0.991. The van der Waals surface area contributed by atoms with Gasteiger partial charge in [0.1, 0.15) is 0 Å². The van der Waals surface area contributed by atoms with Crippen LogP contribution in [0.25, 0.3) is 0 Å². The quantitative estimate of drug-likeness (QED) is 0.895. The Balaban J connectivity index is 2.20. The Morgan fingerprint density at radius 2 is 1.89 bits per heavy atom. The van der Waals surface area contributed by atoms with E-state index in [2.05, 4.69) is 32.9 Å². The summed E-state index contributed by atoms with van der Waals surface area (Å²) >= 11 is 0. The van der Waals surface area contributed by atoms with Gasteiger partial charge in [-0.1, -0.05) is 26.8 Å². The molecule has 0 saturated carbocycles. The molecule has 3 heteroatoms. The SMILES string of the molecule is CC(CCN)c1ccc2c(c1)OCC(C)(C)CO2. The molecule has 0 amide bonds. The summed E-state index contributed by atoms with van der Waals surface area (Å²) in [4.78, 5) is 0. The monoisotopic (exact) mass is 249 g/mol. The zero-order valence-corrected chi connectivity index (χ0v) is 11.5. The highest BCUT2D eigenvalue weighted by Crippen LogP contribution is 2.36. The molecule has 0 aromatic heterocycles. The highest BCUT2D eigenvalue weighted by Gasteiger charge is 2.25. The summed E-state index contributed by atoms with van der Waals surface area (Å²) < 4.78 is 11.7. The minimum atomic E-state index is 0.0576. The third-order valence-electron chi connectivity index (χ3n) is 3.37. The molecule has 0 saturated heterocycles. The predicted molar refractivity (Wildman–Crippen MR) is 73.3 cm³/mol. The van der Waals surface area contributed by atoms with Gasteiger partial charge in [0.05, 0.1) is 13.2 Å². The molecular weight excluding hydrogens is 226 g/mol. The van der Waals surface area contributed by atoms with Crippen molar-refractivity contribution in [1.82, 2.24) is 0 Å². The van der Waals surface area contributed by atoms with Crippen LogP contribution in [-0.2, 0) is 0 Å². The van der Waals surface area contributed by atoms with Crippen LogP contribution in [0.5, 0.6) is 11.5 Å². The van der Waals surface area contributed by atoms with E-state index in [1.807, 2.05) is 6.07 Å². The van der Waals surface area contributed by atoms with Crippen molar-refractivity contribution in [3.63, 3.8) is 0 Å². The van der Waals surface area contributed by atoms with Crippen LogP contribution >= 0.6 is 0 Å². The second-order valence-corrected chi connectivity index (χ2v) is 5.93. The zero-order chi connectivity index (χ0) is 13.2. The number of benzene rings is 1. The number of hydrogen-bond acceptors (Lipinski definition) is 3. The van der Waals surface area contributed by atoms with Crippen molar-refractivity contribution in [2.24, 2.45) is 11.1 Å². The zero-order valence-electron chi connectivity index (χ0n) is 11.5. The fraction of sp³-hybridized carbons (Fsp3) is 0.600. The summed E-state index contributed by atoms with van der Waals surface area (Å²) in [5.74, 6) is 2.17. The number of ether oxygens (including phenoxy) is 2. The number of fused-ring (bicyclic) bond motifs is 1. The van der Waals surface area contributed by atoms with Crippen molar-refractivity contribution in [3.8, 4) is 11.5 Å². The molecule has 3 nitrogen and oxygen atoms in total. The van der Waals surface area contributed by atoms with Crippen LogP contribution < -0.4 is 15.2 Å². The summed E-state index contributed by atoms with van der Waals surface area (Å²) in [6, 6.07) is 6.22. The van der Waals surface area contributed by atoms with Gasteiger partial charge in [-0.15, -0.1) is 0 Å². The number of nitrogens with two attached hydrogens (primary N) is 1. The van der Waals surface area contributed by atoms with Gasteiger partial charge in [0.15, 0.2) is 11.5 Å². The lowest BCUT2D eigenvalue weighted by Crippen LogP contribution is -2.26. The van der Waals surface area contributed by atoms with Crippen LogP contribution in [0.2, 0.25) is 0 Å². The molecule has 1 unspecified atom stereocenters. The fourth-order valence-electron chi connectivity index (χ4n) is 2.07. The van der Waals surface area contributed by atoms with Crippen molar-refractivity contribution < 1.29 is 9.47 Å². The number of rotatable bonds is 3. The summed E-state index contributed by atoms with van der Waals surface area (Å²) in [7, 11) is 0. The Hall–Kier alpha value is -1.22. The van der Waals surface area contributed by atoms with Crippen LogP contribution in [-0.4, -0.2) is 19.8 Å². The molecule has 0 bridgehead atoms. The third-order valence-corrected chi connectivity index (χ3v) is 3.37. The largest absolute Gasteiger partial charge is 0.489 e. The van der Waals surface area contributed by atoms with Crippen molar-refractivity contribution in [2.45, 2.75) is 33.1 Å². The predicted octanol–water partition coefficient (Wildman–Crippen LogP) is 2.94. The maximum atomic E-state index is 5.88. The van der Waals surface area contributed by atoms with Crippen LogP contribution in [0.4, 0.5) is 0 Å². The first-order valence-electron chi connectivity index (χ1n) is 6.61. The molecule has 1 aliphatic rings. The van der Waals surface area contributed by atoms with E-state index < -0.39 is 0 Å². The maximum absolute atomic E-state index is 5.88. The van der Waals surface area contributed by atoms with E-state index in [9.17, 15) is 0 Å². The molecule has 0 spiro atoms. The van der Waals surface area contributed by atoms with Crippen molar-refractivity contribution in [2.75, 3.05) is 19.8 Å². The van der Waals surface area contributed by atoms with E-state index in [0.717, 1.165) is 17.9 Å². The van der Waals surface area contributed by atoms with Crippen LogP contribution in [0.15, 0.2) is 18.2 Å². The first-order valence-corrected chi connectivity index (χ1v) is 6.61. The van der Waals surface area contributed by atoms with E-state index in [-0.39, 0.29) is 5.41 Å². The molecule has 1 aromatic carbocycles. The van der Waals surface area contributed by atoms with Gasteiger partial charge >= 0.3 is 0 Å². The lowest BCUT2D eigenvalue weighted by Gasteiger charge is -2.19. The fourth-order valence-corrected chi connectivity index (χ4v) is 2.07. The van der Waals surface area contributed by atoms with E-state index in [1.54, 1.807) is 0 Å². The molecule has 0 fully saturated rings. The molecule has 1 aliphatic heterocycles. The standard InChI is InChI=1S/C15H23NO2/c1-11(6-7-16)12-4-5-13-14(8-12)18-10-15(2,3)9-17-13/h4-5,8,11H,6-7,9-10,16H2,1-3H3. The Bertz CT molecular complexity index is 415. The highest BCUT2D eigenvalue weighted by atomic mass is 16.5. The average molecular weight is 249 g/mol. The van der Waals surface area contributed by atoms with E-state index >= 15 is 0 Å². The Kier molecular flexibility index (Phi) is 3.81. The van der Waals surface area contributed by atoms with Crippen LogP contribution in [0.1, 0.15) is 38.7 Å². The van der Waals surface area contributed by atoms with E-state index in [0.29, 0.717) is 25.7 Å². The lowest BCUT2D eigenvalue weighted by atomic mass is 9.97. The second kappa shape index (κ2) is 5.19. The second-order valence-electron chi connectivity index (χ2n) is 5.93. The molecule has 2 rings (SSSR count). The van der Waals surface area contributed by atoms with Gasteiger partial charge in [0.25, 0.3) is 0 Å². The van der Waals surface area contributed by atoms with Gasteiger partial charge in [0.2, 0.25) is 0 Å². The molecule has 18 heavy (non-hydrogen) atoms. The Morgan fingerprint density at radius 1 is 1.22 bits per heavy atom. The molecule has 100 valence electrons. The van der Waals surface area contributed by atoms with Gasteiger partial charge in [-0.05, 0) is 36.6 Å². The number of hydrogen-bond donors (Lipinski definition) is 1. The van der Waals surface area contributed by atoms with Crippen molar-refractivity contribution in [1.29, 1.82) is 0 Å². The first kappa shape index (κ1) is 13.2. The smallest absolute Gasteiger partial charge is 0.161 e. The van der Waals surface area contributed by atoms with E-state index in [1.165, 1.54) is 5.56 Å². The van der Waals surface area contributed by atoms with Crippen LogP contribution in [0, 0.1) is 5.41 Å². The van der Waals surface area contributed by atoms with Gasteiger partial charge in [-0.3, -0.25) is 0 Å². The third kappa shape index (κ3) is 2.96.